The minimum Gasteiger partial charge on any atom is -0.349 e. The molecular formula is C12H16N4O2. The van der Waals surface area contributed by atoms with Crippen LogP contribution >= 0.6 is 0 Å². The zero-order valence-electron chi connectivity index (χ0n) is 10.2. The molecule has 1 saturated heterocycles. The monoisotopic (exact) mass is 248 g/mol. The van der Waals surface area contributed by atoms with Gasteiger partial charge < -0.3 is 5.32 Å². The molecule has 1 fully saturated rings. The van der Waals surface area contributed by atoms with Crippen LogP contribution in [-0.2, 0) is 17.9 Å². The molecule has 0 spiro atoms. The standard InChI is InChI=1S/C12H16N4O2/c17-10-1-4-15(5-2-10)8-9-7-11-12(18)13-3-6-16(11)14-9/h7H,1-6,8H2,(H,13,18). The third-order valence-electron chi connectivity index (χ3n) is 3.47. The molecule has 18 heavy (non-hydrogen) atoms. The van der Waals surface area contributed by atoms with Crippen LogP contribution in [0.1, 0.15) is 29.0 Å². The minimum absolute atomic E-state index is 0.0474. The van der Waals surface area contributed by atoms with Gasteiger partial charge in [0, 0.05) is 39.0 Å². The van der Waals surface area contributed by atoms with Crippen molar-refractivity contribution in [3.63, 3.8) is 0 Å². The summed E-state index contributed by atoms with van der Waals surface area (Å²) >= 11 is 0. The number of fused-ring (bicyclic) bond motifs is 1. The molecule has 0 unspecified atom stereocenters. The Labute approximate surface area is 105 Å². The molecule has 1 N–H and O–H groups in total. The highest BCUT2D eigenvalue weighted by atomic mass is 16.2. The lowest BCUT2D eigenvalue weighted by atomic mass is 10.1. The summed E-state index contributed by atoms with van der Waals surface area (Å²) in [7, 11) is 0. The van der Waals surface area contributed by atoms with Gasteiger partial charge in [-0.3, -0.25) is 19.2 Å². The topological polar surface area (TPSA) is 67.2 Å². The van der Waals surface area contributed by atoms with Crippen LogP contribution in [0.3, 0.4) is 0 Å². The Morgan fingerprint density at radius 1 is 1.22 bits per heavy atom. The van der Waals surface area contributed by atoms with Crippen LogP contribution in [0.2, 0.25) is 0 Å². The first-order valence-electron chi connectivity index (χ1n) is 6.31. The zero-order chi connectivity index (χ0) is 12.5. The molecule has 0 bridgehead atoms. The number of nitrogens with one attached hydrogen (secondary N) is 1. The average Bonchev–Trinajstić information content (AvgIpc) is 2.76. The second-order valence-corrected chi connectivity index (χ2v) is 4.81. The fourth-order valence-corrected chi connectivity index (χ4v) is 2.46. The second-order valence-electron chi connectivity index (χ2n) is 4.81. The number of rotatable bonds is 2. The third-order valence-corrected chi connectivity index (χ3v) is 3.47. The Morgan fingerprint density at radius 3 is 2.72 bits per heavy atom. The van der Waals surface area contributed by atoms with Gasteiger partial charge in [0.15, 0.2) is 0 Å². The number of aromatic nitrogens is 2. The van der Waals surface area contributed by atoms with Crippen molar-refractivity contribution in [3.8, 4) is 0 Å². The fourth-order valence-electron chi connectivity index (χ4n) is 2.46. The van der Waals surface area contributed by atoms with Gasteiger partial charge >= 0.3 is 0 Å². The van der Waals surface area contributed by atoms with E-state index in [2.05, 4.69) is 15.3 Å². The van der Waals surface area contributed by atoms with Gasteiger partial charge in [0.1, 0.15) is 11.5 Å². The molecule has 0 aliphatic carbocycles. The van der Waals surface area contributed by atoms with E-state index in [4.69, 9.17) is 0 Å². The Hall–Kier alpha value is -1.69. The lowest BCUT2D eigenvalue weighted by molar-refractivity contribution is -0.121. The Morgan fingerprint density at radius 2 is 2.00 bits per heavy atom. The Kier molecular flexibility index (Phi) is 2.87. The van der Waals surface area contributed by atoms with Crippen LogP contribution < -0.4 is 5.32 Å². The van der Waals surface area contributed by atoms with Crippen LogP contribution in [-0.4, -0.2) is 46.0 Å². The highest BCUT2D eigenvalue weighted by Crippen LogP contribution is 2.13. The molecule has 1 aromatic rings. The van der Waals surface area contributed by atoms with Crippen LogP contribution in [0.25, 0.3) is 0 Å². The number of carbonyl (C=O) groups is 2. The van der Waals surface area contributed by atoms with Gasteiger partial charge in [-0.1, -0.05) is 0 Å². The molecule has 2 aliphatic rings. The van der Waals surface area contributed by atoms with Crippen molar-refractivity contribution in [2.24, 2.45) is 0 Å². The maximum atomic E-state index is 11.6. The van der Waals surface area contributed by atoms with E-state index in [-0.39, 0.29) is 5.91 Å². The SMILES string of the molecule is O=C1CCN(Cc2cc3n(n2)CCNC3=O)CC1. The Balaban J connectivity index is 1.70. The molecule has 1 amide bonds. The summed E-state index contributed by atoms with van der Waals surface area (Å²) in [6.07, 6.45) is 1.27. The molecule has 96 valence electrons. The van der Waals surface area contributed by atoms with Crippen molar-refractivity contribution in [2.75, 3.05) is 19.6 Å². The number of hydrogen-bond acceptors (Lipinski definition) is 4. The van der Waals surface area contributed by atoms with Crippen molar-refractivity contribution in [3.05, 3.63) is 17.5 Å². The largest absolute Gasteiger partial charge is 0.349 e. The normalized spacial score (nSPS) is 20.7. The quantitative estimate of drug-likeness (QED) is 0.786. The van der Waals surface area contributed by atoms with Crippen LogP contribution in [0.15, 0.2) is 6.07 Å². The van der Waals surface area contributed by atoms with Crippen molar-refractivity contribution in [1.29, 1.82) is 0 Å². The van der Waals surface area contributed by atoms with Crippen molar-refractivity contribution in [2.45, 2.75) is 25.9 Å². The summed E-state index contributed by atoms with van der Waals surface area (Å²) in [5.74, 6) is 0.295. The highest BCUT2D eigenvalue weighted by Gasteiger charge is 2.21. The number of carbonyl (C=O) groups excluding carboxylic acids is 2. The fraction of sp³-hybridized carbons (Fsp3) is 0.583. The number of piperidine rings is 1. The molecule has 3 heterocycles. The number of nitrogens with zero attached hydrogens (tertiary/aromatic N) is 3. The van der Waals surface area contributed by atoms with Crippen molar-refractivity contribution >= 4 is 11.7 Å². The minimum atomic E-state index is -0.0474. The first-order chi connectivity index (χ1) is 8.72. The van der Waals surface area contributed by atoms with Crippen molar-refractivity contribution < 1.29 is 9.59 Å². The summed E-state index contributed by atoms with van der Waals surface area (Å²) in [6, 6.07) is 1.85. The van der Waals surface area contributed by atoms with E-state index in [1.165, 1.54) is 0 Å². The maximum absolute atomic E-state index is 11.6. The van der Waals surface area contributed by atoms with Gasteiger partial charge in [0.05, 0.1) is 12.2 Å². The molecule has 0 aromatic carbocycles. The van der Waals surface area contributed by atoms with E-state index in [9.17, 15) is 9.59 Å². The first-order valence-corrected chi connectivity index (χ1v) is 6.31. The van der Waals surface area contributed by atoms with Gasteiger partial charge in [-0.25, -0.2) is 0 Å². The lowest BCUT2D eigenvalue weighted by Crippen LogP contribution is -2.35. The maximum Gasteiger partial charge on any atom is 0.269 e. The van der Waals surface area contributed by atoms with E-state index in [0.29, 0.717) is 30.9 Å². The molecule has 1 aromatic heterocycles. The summed E-state index contributed by atoms with van der Waals surface area (Å²) in [5.41, 5.74) is 1.56. The molecule has 0 radical (unpaired) electrons. The molecule has 3 rings (SSSR count). The average molecular weight is 248 g/mol. The number of Topliss-reactive ketones (excluding diaryl/α,β-unsaturated/α-hetero) is 1. The second kappa shape index (κ2) is 4.53. The van der Waals surface area contributed by atoms with E-state index in [1.54, 1.807) is 4.68 Å². The van der Waals surface area contributed by atoms with Crippen LogP contribution in [0.4, 0.5) is 0 Å². The molecule has 2 aliphatic heterocycles. The predicted molar refractivity (Wildman–Crippen MR) is 64.1 cm³/mol. The van der Waals surface area contributed by atoms with Gasteiger partial charge in [0.25, 0.3) is 5.91 Å². The highest BCUT2D eigenvalue weighted by molar-refractivity contribution is 5.93. The molecular weight excluding hydrogens is 232 g/mol. The van der Waals surface area contributed by atoms with E-state index in [0.717, 1.165) is 31.9 Å². The zero-order valence-corrected chi connectivity index (χ0v) is 10.2. The van der Waals surface area contributed by atoms with E-state index < -0.39 is 0 Å². The predicted octanol–water partition coefficient (Wildman–Crippen LogP) is -0.209. The molecule has 6 heteroatoms. The van der Waals surface area contributed by atoms with Crippen LogP contribution in [0.5, 0.6) is 0 Å². The third kappa shape index (κ3) is 2.15. The van der Waals surface area contributed by atoms with Gasteiger partial charge in [-0.05, 0) is 6.07 Å². The summed E-state index contributed by atoms with van der Waals surface area (Å²) in [6.45, 7) is 3.70. The van der Waals surface area contributed by atoms with Crippen molar-refractivity contribution in [1.82, 2.24) is 20.0 Å². The number of likely N-dealkylation sites (tertiary alicyclic amines) is 1. The molecule has 0 saturated carbocycles. The molecule has 6 nitrogen and oxygen atoms in total. The van der Waals surface area contributed by atoms with Gasteiger partial charge in [-0.2, -0.15) is 5.10 Å². The lowest BCUT2D eigenvalue weighted by Gasteiger charge is -2.24. The molecule has 0 atom stereocenters. The number of amides is 1. The van der Waals surface area contributed by atoms with Gasteiger partial charge in [0.2, 0.25) is 0 Å². The smallest absolute Gasteiger partial charge is 0.269 e. The summed E-state index contributed by atoms with van der Waals surface area (Å²) in [4.78, 5) is 25.0. The van der Waals surface area contributed by atoms with Gasteiger partial charge in [-0.15, -0.1) is 0 Å². The van der Waals surface area contributed by atoms with E-state index >= 15 is 0 Å². The van der Waals surface area contributed by atoms with Crippen LogP contribution in [0, 0.1) is 0 Å². The first kappa shape index (κ1) is 11.4. The summed E-state index contributed by atoms with van der Waals surface area (Å²) < 4.78 is 1.77. The summed E-state index contributed by atoms with van der Waals surface area (Å²) in [5, 5.41) is 7.25. The Bertz CT molecular complexity index is 484. The number of ketones is 1. The number of hydrogen-bond donors (Lipinski definition) is 1. The van der Waals surface area contributed by atoms with E-state index in [1.807, 2.05) is 6.07 Å².